The van der Waals surface area contributed by atoms with Gasteiger partial charge in [-0.25, -0.2) is 8.42 Å². The summed E-state index contributed by atoms with van der Waals surface area (Å²) in [5.41, 5.74) is 1.96. The number of benzene rings is 1. The summed E-state index contributed by atoms with van der Waals surface area (Å²) in [6.45, 7) is 0. The Hall–Kier alpha value is -1.37. The molecule has 1 saturated heterocycles. The van der Waals surface area contributed by atoms with Gasteiger partial charge in [0.25, 0.3) is 0 Å². The number of hydrogen-bond donors (Lipinski definition) is 1. The summed E-state index contributed by atoms with van der Waals surface area (Å²) in [5.74, 6) is 0. The molecule has 1 aromatic heterocycles. The molecule has 2 bridgehead atoms. The van der Waals surface area contributed by atoms with Crippen molar-refractivity contribution in [3.8, 4) is 0 Å². The number of aromatic nitrogens is 2. The zero-order chi connectivity index (χ0) is 13.9. The van der Waals surface area contributed by atoms with Crippen molar-refractivity contribution in [3.63, 3.8) is 0 Å². The zero-order valence-electron chi connectivity index (χ0n) is 10.5. The lowest BCUT2D eigenvalue weighted by atomic mass is 9.99. The summed E-state index contributed by atoms with van der Waals surface area (Å²) in [4.78, 5) is 0.289. The predicted molar refractivity (Wildman–Crippen MR) is 73.8 cm³/mol. The number of nitrogens with zero attached hydrogens (tertiary/aromatic N) is 2. The van der Waals surface area contributed by atoms with Crippen molar-refractivity contribution in [2.24, 2.45) is 0 Å². The topological polar surface area (TPSA) is 66.1 Å². The van der Waals surface area contributed by atoms with Crippen LogP contribution in [0.25, 0.3) is 0 Å². The average molecular weight is 310 g/mol. The second-order valence-corrected chi connectivity index (χ2v) is 7.42. The lowest BCUT2D eigenvalue weighted by Gasteiger charge is -2.21. The van der Waals surface area contributed by atoms with Crippen LogP contribution in [-0.4, -0.2) is 22.9 Å². The number of fused-ring (bicyclic) bond motifs is 5. The van der Waals surface area contributed by atoms with E-state index in [1.54, 1.807) is 34.8 Å². The normalized spacial score (nSPS) is 25.1. The van der Waals surface area contributed by atoms with E-state index >= 15 is 0 Å². The molecule has 0 aliphatic carbocycles. The Balaban J connectivity index is 1.79. The Kier molecular flexibility index (Phi) is 2.52. The third-order valence-corrected chi connectivity index (χ3v) is 6.29. The molecule has 0 saturated carbocycles. The molecule has 0 radical (unpaired) electrons. The smallest absolute Gasteiger partial charge is 0.244 e. The Morgan fingerprint density at radius 3 is 2.60 bits per heavy atom. The van der Waals surface area contributed by atoms with E-state index in [1.165, 1.54) is 0 Å². The van der Waals surface area contributed by atoms with Crippen molar-refractivity contribution < 1.29 is 8.42 Å². The fraction of sp³-hybridized carbons (Fsp3) is 0.308. The van der Waals surface area contributed by atoms with Crippen LogP contribution < -0.4 is 0 Å². The number of sulfonamides is 1. The molecule has 2 aliphatic heterocycles. The first kappa shape index (κ1) is 12.4. The average Bonchev–Trinajstić information content (AvgIpc) is 3.11. The van der Waals surface area contributed by atoms with E-state index in [0.717, 1.165) is 24.1 Å². The maximum absolute atomic E-state index is 12.8. The fourth-order valence-electron chi connectivity index (χ4n) is 3.25. The molecule has 3 heterocycles. The van der Waals surface area contributed by atoms with E-state index in [-0.39, 0.29) is 17.0 Å². The second-order valence-electron chi connectivity index (χ2n) is 5.14. The van der Waals surface area contributed by atoms with Gasteiger partial charge < -0.3 is 0 Å². The molecule has 20 heavy (non-hydrogen) atoms. The molecule has 2 atom stereocenters. The molecule has 1 fully saturated rings. The molecule has 1 aromatic carbocycles. The van der Waals surface area contributed by atoms with Crippen LogP contribution in [0.1, 0.15) is 36.2 Å². The predicted octanol–water partition coefficient (Wildman–Crippen LogP) is 2.64. The Morgan fingerprint density at radius 2 is 1.90 bits per heavy atom. The van der Waals surface area contributed by atoms with Crippen LogP contribution in [-0.2, 0) is 10.0 Å². The summed E-state index contributed by atoms with van der Waals surface area (Å²) in [5, 5.41) is 7.49. The first-order chi connectivity index (χ1) is 9.59. The molecule has 7 heteroatoms. The minimum atomic E-state index is -3.50. The highest BCUT2D eigenvalue weighted by Crippen LogP contribution is 2.54. The third-order valence-electron chi connectivity index (χ3n) is 4.11. The van der Waals surface area contributed by atoms with Crippen LogP contribution in [0, 0.1) is 0 Å². The van der Waals surface area contributed by atoms with Gasteiger partial charge in [-0.2, -0.15) is 9.40 Å². The molecule has 2 aliphatic rings. The second kappa shape index (κ2) is 4.07. The van der Waals surface area contributed by atoms with E-state index < -0.39 is 10.0 Å². The molecule has 5 nitrogen and oxygen atoms in total. The number of aromatic amines is 1. The lowest BCUT2D eigenvalue weighted by molar-refractivity contribution is 0.361. The minimum absolute atomic E-state index is 0.0885. The van der Waals surface area contributed by atoms with Gasteiger partial charge in [0, 0.05) is 10.6 Å². The molecule has 2 unspecified atom stereocenters. The highest BCUT2D eigenvalue weighted by atomic mass is 35.5. The van der Waals surface area contributed by atoms with Crippen LogP contribution in [0.4, 0.5) is 0 Å². The van der Waals surface area contributed by atoms with Crippen LogP contribution in [0.15, 0.2) is 35.4 Å². The van der Waals surface area contributed by atoms with Crippen molar-refractivity contribution in [1.82, 2.24) is 14.5 Å². The van der Waals surface area contributed by atoms with Gasteiger partial charge >= 0.3 is 0 Å². The van der Waals surface area contributed by atoms with Crippen LogP contribution in [0.5, 0.6) is 0 Å². The van der Waals surface area contributed by atoms with Gasteiger partial charge in [-0.15, -0.1) is 0 Å². The van der Waals surface area contributed by atoms with E-state index in [2.05, 4.69) is 10.2 Å². The highest BCUT2D eigenvalue weighted by molar-refractivity contribution is 7.89. The number of H-pyrrole nitrogens is 1. The van der Waals surface area contributed by atoms with Gasteiger partial charge in [-0.1, -0.05) is 11.6 Å². The largest absolute Gasteiger partial charge is 0.281 e. The zero-order valence-corrected chi connectivity index (χ0v) is 12.0. The van der Waals surface area contributed by atoms with E-state index in [4.69, 9.17) is 11.6 Å². The summed E-state index contributed by atoms with van der Waals surface area (Å²) in [7, 11) is -3.50. The van der Waals surface area contributed by atoms with Crippen molar-refractivity contribution >= 4 is 21.6 Å². The van der Waals surface area contributed by atoms with E-state index in [9.17, 15) is 8.42 Å². The molecule has 0 amide bonds. The van der Waals surface area contributed by atoms with Crippen molar-refractivity contribution in [3.05, 3.63) is 46.7 Å². The summed E-state index contributed by atoms with van der Waals surface area (Å²) < 4.78 is 27.3. The molecule has 1 N–H and O–H groups in total. The van der Waals surface area contributed by atoms with E-state index in [1.807, 2.05) is 0 Å². The third kappa shape index (κ3) is 1.52. The number of halogens is 1. The van der Waals surface area contributed by atoms with Crippen molar-refractivity contribution in [2.45, 2.75) is 29.8 Å². The lowest BCUT2D eigenvalue weighted by Crippen LogP contribution is -2.28. The van der Waals surface area contributed by atoms with Crippen LogP contribution in [0.3, 0.4) is 0 Å². The van der Waals surface area contributed by atoms with Crippen molar-refractivity contribution in [2.75, 3.05) is 0 Å². The summed E-state index contributed by atoms with van der Waals surface area (Å²) in [6.07, 6.45) is 3.43. The van der Waals surface area contributed by atoms with Crippen LogP contribution >= 0.6 is 11.6 Å². The standard InChI is InChI=1S/C13H12ClN3O2S/c14-8-1-3-9(4-2-8)20(18,19)17-11-5-6-12(17)13-10(11)7-15-16-13/h1-4,7,11-12H,5-6H2,(H,15,16). The van der Waals surface area contributed by atoms with Crippen molar-refractivity contribution in [1.29, 1.82) is 0 Å². The minimum Gasteiger partial charge on any atom is -0.281 e. The first-order valence-corrected chi connectivity index (χ1v) is 8.23. The SMILES string of the molecule is O=S(=O)(c1ccc(Cl)cc1)N1C2CCC1c1[nH]ncc12. The molecule has 4 rings (SSSR count). The van der Waals surface area contributed by atoms with Crippen LogP contribution in [0.2, 0.25) is 5.02 Å². The Bertz CT molecular complexity index is 743. The monoisotopic (exact) mass is 309 g/mol. The van der Waals surface area contributed by atoms with Gasteiger partial charge in [-0.05, 0) is 37.1 Å². The number of hydrogen-bond acceptors (Lipinski definition) is 3. The summed E-state index contributed by atoms with van der Waals surface area (Å²) in [6, 6.07) is 6.12. The number of nitrogens with one attached hydrogen (secondary N) is 1. The highest BCUT2D eigenvalue weighted by Gasteiger charge is 2.51. The first-order valence-electron chi connectivity index (χ1n) is 6.41. The Labute approximate surface area is 121 Å². The maximum atomic E-state index is 12.8. The quantitative estimate of drug-likeness (QED) is 0.927. The fourth-order valence-corrected chi connectivity index (χ4v) is 5.20. The molecule has 2 aromatic rings. The van der Waals surface area contributed by atoms with Gasteiger partial charge in [0.2, 0.25) is 10.0 Å². The van der Waals surface area contributed by atoms with Gasteiger partial charge in [0.1, 0.15) is 0 Å². The van der Waals surface area contributed by atoms with Gasteiger partial charge in [0.15, 0.2) is 0 Å². The Morgan fingerprint density at radius 1 is 1.20 bits per heavy atom. The molecule has 0 spiro atoms. The van der Waals surface area contributed by atoms with Gasteiger partial charge in [0.05, 0.1) is 28.9 Å². The molecular weight excluding hydrogens is 298 g/mol. The molecule has 104 valence electrons. The number of rotatable bonds is 2. The molecular formula is C13H12ClN3O2S. The van der Waals surface area contributed by atoms with E-state index in [0.29, 0.717) is 5.02 Å². The van der Waals surface area contributed by atoms with Gasteiger partial charge in [-0.3, -0.25) is 5.10 Å². The summed E-state index contributed by atoms with van der Waals surface area (Å²) >= 11 is 5.82. The maximum Gasteiger partial charge on any atom is 0.244 e.